The van der Waals surface area contributed by atoms with Gasteiger partial charge < -0.3 is 10.2 Å². The number of anilines is 1. The van der Waals surface area contributed by atoms with Crippen molar-refractivity contribution in [2.45, 2.75) is 12.8 Å². The van der Waals surface area contributed by atoms with Crippen LogP contribution in [0, 0.1) is 5.92 Å². The van der Waals surface area contributed by atoms with Crippen LogP contribution < -0.4 is 5.32 Å². The van der Waals surface area contributed by atoms with Gasteiger partial charge in [0.05, 0.1) is 15.2 Å². The van der Waals surface area contributed by atoms with E-state index in [2.05, 4.69) is 22.2 Å². The lowest BCUT2D eigenvalue weighted by Crippen LogP contribution is -2.35. The van der Waals surface area contributed by atoms with Gasteiger partial charge in [0, 0.05) is 13.1 Å². The summed E-state index contributed by atoms with van der Waals surface area (Å²) in [6.45, 7) is 3.41. The Labute approximate surface area is 122 Å². The zero-order valence-corrected chi connectivity index (χ0v) is 12.6. The van der Waals surface area contributed by atoms with Crippen molar-refractivity contribution >= 4 is 38.3 Å². The maximum absolute atomic E-state index is 6.17. The molecule has 3 nitrogen and oxygen atoms in total. The highest BCUT2D eigenvalue weighted by Crippen LogP contribution is 2.32. The maximum atomic E-state index is 6.17. The first-order valence-corrected chi connectivity index (χ1v) is 7.89. The van der Waals surface area contributed by atoms with Crippen molar-refractivity contribution in [2.75, 3.05) is 32.0 Å². The number of nitrogens with one attached hydrogen (secondary N) is 1. The van der Waals surface area contributed by atoms with Crippen LogP contribution in [0.2, 0.25) is 5.02 Å². The third-order valence-corrected chi connectivity index (χ3v) is 5.12. The molecule has 5 heteroatoms. The number of piperidine rings is 1. The van der Waals surface area contributed by atoms with Gasteiger partial charge >= 0.3 is 0 Å². The van der Waals surface area contributed by atoms with Crippen LogP contribution in [0.25, 0.3) is 10.2 Å². The van der Waals surface area contributed by atoms with E-state index in [0.29, 0.717) is 0 Å². The second-order valence-corrected chi connectivity index (χ2v) is 6.66. The second-order valence-electron chi connectivity index (χ2n) is 5.26. The molecule has 1 aromatic carbocycles. The SMILES string of the molecule is CN1CCCC(CNc2nc3cccc(Cl)c3s2)C1. The summed E-state index contributed by atoms with van der Waals surface area (Å²) in [4.78, 5) is 6.99. The van der Waals surface area contributed by atoms with Crippen molar-refractivity contribution in [2.24, 2.45) is 5.92 Å². The van der Waals surface area contributed by atoms with E-state index >= 15 is 0 Å². The molecule has 0 amide bonds. The second kappa shape index (κ2) is 5.65. The smallest absolute Gasteiger partial charge is 0.183 e. The van der Waals surface area contributed by atoms with E-state index in [9.17, 15) is 0 Å². The number of halogens is 1. The van der Waals surface area contributed by atoms with E-state index in [-0.39, 0.29) is 0 Å². The molecule has 1 unspecified atom stereocenters. The number of aromatic nitrogens is 1. The molecule has 102 valence electrons. The topological polar surface area (TPSA) is 28.2 Å². The summed E-state index contributed by atoms with van der Waals surface area (Å²) >= 11 is 7.82. The molecule has 3 rings (SSSR count). The highest BCUT2D eigenvalue weighted by Gasteiger charge is 2.17. The average molecular weight is 296 g/mol. The highest BCUT2D eigenvalue weighted by atomic mass is 35.5. The van der Waals surface area contributed by atoms with Crippen molar-refractivity contribution in [1.29, 1.82) is 0 Å². The monoisotopic (exact) mass is 295 g/mol. The Hall–Kier alpha value is -0.840. The molecule has 0 aliphatic carbocycles. The van der Waals surface area contributed by atoms with Gasteiger partial charge in [-0.05, 0) is 44.5 Å². The van der Waals surface area contributed by atoms with Crippen LogP contribution in [0.5, 0.6) is 0 Å². The predicted octanol–water partition coefficient (Wildman–Crippen LogP) is 3.70. The summed E-state index contributed by atoms with van der Waals surface area (Å²) in [7, 11) is 2.20. The summed E-state index contributed by atoms with van der Waals surface area (Å²) in [5.41, 5.74) is 0.987. The lowest BCUT2D eigenvalue weighted by Gasteiger charge is -2.29. The molecule has 1 N–H and O–H groups in total. The largest absolute Gasteiger partial charge is 0.361 e. The van der Waals surface area contributed by atoms with Gasteiger partial charge in [0.2, 0.25) is 0 Å². The minimum atomic E-state index is 0.723. The van der Waals surface area contributed by atoms with Crippen LogP contribution in [0.3, 0.4) is 0 Å². The fourth-order valence-electron chi connectivity index (χ4n) is 2.66. The Bertz CT molecular complexity index is 569. The molecule has 1 saturated heterocycles. The Balaban J connectivity index is 1.66. The van der Waals surface area contributed by atoms with Crippen molar-refractivity contribution in [3.63, 3.8) is 0 Å². The van der Waals surface area contributed by atoms with Crippen LogP contribution in [0.4, 0.5) is 5.13 Å². The van der Waals surface area contributed by atoms with E-state index in [1.54, 1.807) is 11.3 Å². The zero-order chi connectivity index (χ0) is 13.2. The first-order valence-electron chi connectivity index (χ1n) is 6.70. The van der Waals surface area contributed by atoms with E-state index < -0.39 is 0 Å². The van der Waals surface area contributed by atoms with E-state index in [1.165, 1.54) is 25.9 Å². The quantitative estimate of drug-likeness (QED) is 0.936. The Morgan fingerprint density at radius 3 is 3.21 bits per heavy atom. The number of nitrogens with zero attached hydrogens (tertiary/aromatic N) is 2. The Morgan fingerprint density at radius 2 is 2.42 bits per heavy atom. The molecule has 19 heavy (non-hydrogen) atoms. The van der Waals surface area contributed by atoms with Gasteiger partial charge in [-0.25, -0.2) is 4.98 Å². The standard InChI is InChI=1S/C14H18ClN3S/c1-18-7-3-4-10(9-18)8-16-14-17-12-6-2-5-11(15)13(12)19-14/h2,5-6,10H,3-4,7-9H2,1H3,(H,16,17). The summed E-state index contributed by atoms with van der Waals surface area (Å²) in [6.07, 6.45) is 2.61. The first-order chi connectivity index (χ1) is 9.22. The molecule has 0 spiro atoms. The van der Waals surface area contributed by atoms with Crippen molar-refractivity contribution in [1.82, 2.24) is 9.88 Å². The number of hydrogen-bond donors (Lipinski definition) is 1. The van der Waals surface area contributed by atoms with Gasteiger partial charge in [0.15, 0.2) is 5.13 Å². The summed E-state index contributed by atoms with van der Waals surface area (Å²) in [5.74, 6) is 0.723. The lowest BCUT2D eigenvalue weighted by atomic mass is 9.99. The number of fused-ring (bicyclic) bond motifs is 1. The van der Waals surface area contributed by atoms with Crippen molar-refractivity contribution in [3.05, 3.63) is 23.2 Å². The number of thiazole rings is 1. The minimum absolute atomic E-state index is 0.723. The van der Waals surface area contributed by atoms with Crippen molar-refractivity contribution in [3.8, 4) is 0 Å². The van der Waals surface area contributed by atoms with E-state index in [1.807, 2.05) is 18.2 Å². The van der Waals surface area contributed by atoms with Gasteiger partial charge in [-0.3, -0.25) is 0 Å². The van der Waals surface area contributed by atoms with Gasteiger partial charge in [-0.1, -0.05) is 29.0 Å². The van der Waals surface area contributed by atoms with Crippen LogP contribution >= 0.6 is 22.9 Å². The van der Waals surface area contributed by atoms with E-state index in [0.717, 1.165) is 32.8 Å². The van der Waals surface area contributed by atoms with Crippen LogP contribution in [0.1, 0.15) is 12.8 Å². The number of rotatable bonds is 3. The molecule has 2 aromatic rings. The molecule has 1 fully saturated rings. The Morgan fingerprint density at radius 1 is 1.53 bits per heavy atom. The number of benzene rings is 1. The molecule has 0 saturated carbocycles. The van der Waals surface area contributed by atoms with Crippen LogP contribution in [-0.2, 0) is 0 Å². The van der Waals surface area contributed by atoms with Gasteiger partial charge in [-0.2, -0.15) is 0 Å². The summed E-state index contributed by atoms with van der Waals surface area (Å²) in [5, 5.41) is 5.25. The van der Waals surface area contributed by atoms with Crippen molar-refractivity contribution < 1.29 is 0 Å². The summed E-state index contributed by atoms with van der Waals surface area (Å²) < 4.78 is 1.08. The molecular formula is C14H18ClN3S. The van der Waals surface area contributed by atoms with Crippen LogP contribution in [-0.4, -0.2) is 36.6 Å². The maximum Gasteiger partial charge on any atom is 0.183 e. The van der Waals surface area contributed by atoms with Crippen LogP contribution in [0.15, 0.2) is 18.2 Å². The van der Waals surface area contributed by atoms with E-state index in [4.69, 9.17) is 11.6 Å². The molecule has 2 heterocycles. The fraction of sp³-hybridized carbons (Fsp3) is 0.500. The predicted molar refractivity (Wildman–Crippen MR) is 83.3 cm³/mol. The molecule has 0 bridgehead atoms. The van der Waals surface area contributed by atoms with Gasteiger partial charge in [0.1, 0.15) is 0 Å². The molecule has 1 atom stereocenters. The zero-order valence-electron chi connectivity index (χ0n) is 11.0. The average Bonchev–Trinajstić information content (AvgIpc) is 2.81. The molecule has 0 radical (unpaired) electrons. The minimum Gasteiger partial charge on any atom is -0.361 e. The van der Waals surface area contributed by atoms with Gasteiger partial charge in [0.25, 0.3) is 0 Å². The molecule has 1 aromatic heterocycles. The molecular weight excluding hydrogens is 278 g/mol. The number of likely N-dealkylation sites (tertiary alicyclic amines) is 1. The lowest BCUT2D eigenvalue weighted by molar-refractivity contribution is 0.217. The Kier molecular flexibility index (Phi) is 3.91. The third-order valence-electron chi connectivity index (χ3n) is 3.63. The number of hydrogen-bond acceptors (Lipinski definition) is 4. The van der Waals surface area contributed by atoms with Gasteiger partial charge in [-0.15, -0.1) is 0 Å². The third kappa shape index (κ3) is 3.02. The normalized spacial score (nSPS) is 20.8. The highest BCUT2D eigenvalue weighted by molar-refractivity contribution is 7.22. The first kappa shape index (κ1) is 13.2. The molecule has 1 aliphatic heterocycles. The molecule has 1 aliphatic rings. The fourth-order valence-corrected chi connectivity index (χ4v) is 3.82. The summed E-state index contributed by atoms with van der Waals surface area (Å²) in [6, 6.07) is 5.88.